The van der Waals surface area contributed by atoms with E-state index in [0.29, 0.717) is 17.0 Å². The lowest BCUT2D eigenvalue weighted by Crippen LogP contribution is -2.05. The number of hydrogen-bond donors (Lipinski definition) is 0. The second kappa shape index (κ2) is 4.09. The second-order valence-electron chi connectivity index (χ2n) is 4.82. The second-order valence-corrected chi connectivity index (χ2v) is 5.17. The summed E-state index contributed by atoms with van der Waals surface area (Å²) in [6.45, 7) is 6.41. The summed E-state index contributed by atoms with van der Waals surface area (Å²) in [5.41, 5.74) is 2.18. The maximum atomic E-state index is 6.12. The molecule has 0 bridgehead atoms. The Labute approximate surface area is 96.1 Å². The summed E-state index contributed by atoms with van der Waals surface area (Å²) < 4.78 is 0. The maximum absolute atomic E-state index is 6.12. The third kappa shape index (κ3) is 2.49. The Balaban J connectivity index is 2.33. The molecule has 82 valence electrons. The van der Waals surface area contributed by atoms with Crippen molar-refractivity contribution < 1.29 is 0 Å². The van der Waals surface area contributed by atoms with E-state index in [1.807, 2.05) is 6.92 Å². The molecule has 0 aromatic carbocycles. The number of aromatic nitrogens is 2. The molecule has 1 saturated carbocycles. The van der Waals surface area contributed by atoms with Crippen LogP contribution >= 0.6 is 11.6 Å². The van der Waals surface area contributed by atoms with E-state index in [0.717, 1.165) is 23.5 Å². The molecular weight excluding hydrogens is 208 g/mol. The van der Waals surface area contributed by atoms with Gasteiger partial charge in [-0.2, -0.15) is 0 Å². The van der Waals surface area contributed by atoms with Crippen LogP contribution in [0.25, 0.3) is 0 Å². The fraction of sp³-hybridized carbons (Fsp3) is 0.667. The Morgan fingerprint density at radius 2 is 2.00 bits per heavy atom. The van der Waals surface area contributed by atoms with Crippen molar-refractivity contribution in [2.75, 3.05) is 0 Å². The Morgan fingerprint density at radius 1 is 1.33 bits per heavy atom. The molecule has 3 heteroatoms. The van der Waals surface area contributed by atoms with Gasteiger partial charge in [0.15, 0.2) is 0 Å². The van der Waals surface area contributed by atoms with Gasteiger partial charge in [0.05, 0.1) is 0 Å². The van der Waals surface area contributed by atoms with Gasteiger partial charge in [-0.25, -0.2) is 9.97 Å². The lowest BCUT2D eigenvalue weighted by atomic mass is 10.0. The van der Waals surface area contributed by atoms with E-state index in [1.54, 1.807) is 0 Å². The minimum absolute atomic E-state index is 0.578. The molecule has 1 aromatic rings. The molecule has 0 N–H and O–H groups in total. The summed E-state index contributed by atoms with van der Waals surface area (Å²) in [6, 6.07) is 0. The van der Waals surface area contributed by atoms with E-state index in [2.05, 4.69) is 23.8 Å². The molecule has 1 aromatic heterocycles. The van der Waals surface area contributed by atoms with E-state index in [1.165, 1.54) is 12.8 Å². The normalized spacial score (nSPS) is 16.1. The molecule has 1 heterocycles. The third-order valence-electron chi connectivity index (χ3n) is 2.75. The van der Waals surface area contributed by atoms with Gasteiger partial charge in [0.1, 0.15) is 11.0 Å². The summed E-state index contributed by atoms with van der Waals surface area (Å²) in [6.07, 6.45) is 3.44. The predicted octanol–water partition coefficient (Wildman–Crippen LogP) is 3.51. The SMILES string of the molecule is Cc1c(Cl)nc(C2CC2)nc1CC(C)C. The highest BCUT2D eigenvalue weighted by molar-refractivity contribution is 6.30. The number of nitrogens with zero attached hydrogens (tertiary/aromatic N) is 2. The van der Waals surface area contributed by atoms with Gasteiger partial charge in [-0.3, -0.25) is 0 Å². The highest BCUT2D eigenvalue weighted by Gasteiger charge is 2.27. The van der Waals surface area contributed by atoms with Gasteiger partial charge in [0.2, 0.25) is 0 Å². The maximum Gasteiger partial charge on any atom is 0.135 e. The van der Waals surface area contributed by atoms with Crippen LogP contribution in [0.2, 0.25) is 5.15 Å². The van der Waals surface area contributed by atoms with Crippen LogP contribution in [-0.4, -0.2) is 9.97 Å². The molecule has 0 saturated heterocycles. The summed E-state index contributed by atoms with van der Waals surface area (Å²) in [7, 11) is 0. The van der Waals surface area contributed by atoms with Crippen LogP contribution in [0.4, 0.5) is 0 Å². The van der Waals surface area contributed by atoms with Crippen molar-refractivity contribution in [2.24, 2.45) is 5.92 Å². The molecule has 15 heavy (non-hydrogen) atoms. The van der Waals surface area contributed by atoms with Gasteiger partial charge in [-0.15, -0.1) is 0 Å². The van der Waals surface area contributed by atoms with Crippen molar-refractivity contribution in [1.29, 1.82) is 0 Å². The van der Waals surface area contributed by atoms with Gasteiger partial charge < -0.3 is 0 Å². The minimum atomic E-state index is 0.578. The Bertz CT molecular complexity index is 370. The topological polar surface area (TPSA) is 25.8 Å². The highest BCUT2D eigenvalue weighted by Crippen LogP contribution is 2.39. The molecule has 0 amide bonds. The first kappa shape index (κ1) is 10.9. The first-order valence-corrected chi connectivity index (χ1v) is 5.98. The zero-order chi connectivity index (χ0) is 11.0. The fourth-order valence-electron chi connectivity index (χ4n) is 1.66. The van der Waals surface area contributed by atoms with Crippen LogP contribution in [0.1, 0.15) is 49.7 Å². The number of halogens is 1. The zero-order valence-corrected chi connectivity index (χ0v) is 10.3. The average Bonchev–Trinajstić information content (AvgIpc) is 2.94. The van der Waals surface area contributed by atoms with Crippen molar-refractivity contribution in [3.63, 3.8) is 0 Å². The molecule has 0 atom stereocenters. The Hall–Kier alpha value is -0.630. The molecular formula is C12H17ClN2. The standard InChI is InChI=1S/C12H17ClN2/c1-7(2)6-10-8(3)11(13)15-12(14-10)9-4-5-9/h7,9H,4-6H2,1-3H3. The lowest BCUT2D eigenvalue weighted by molar-refractivity contribution is 0.626. The van der Waals surface area contributed by atoms with Gasteiger partial charge in [-0.1, -0.05) is 25.4 Å². The molecule has 1 fully saturated rings. The summed E-state index contributed by atoms with van der Waals surface area (Å²) >= 11 is 6.12. The molecule has 0 spiro atoms. The van der Waals surface area contributed by atoms with E-state index >= 15 is 0 Å². The quantitative estimate of drug-likeness (QED) is 0.735. The van der Waals surface area contributed by atoms with Crippen LogP contribution < -0.4 is 0 Å². The summed E-state index contributed by atoms with van der Waals surface area (Å²) in [4.78, 5) is 9.00. The van der Waals surface area contributed by atoms with Gasteiger partial charge in [-0.05, 0) is 32.1 Å². The van der Waals surface area contributed by atoms with Crippen molar-refractivity contribution in [1.82, 2.24) is 9.97 Å². The third-order valence-corrected chi connectivity index (χ3v) is 3.12. The zero-order valence-electron chi connectivity index (χ0n) is 9.55. The van der Waals surface area contributed by atoms with Crippen molar-refractivity contribution in [2.45, 2.75) is 46.0 Å². The van der Waals surface area contributed by atoms with Crippen LogP contribution in [0.15, 0.2) is 0 Å². The predicted molar refractivity (Wildman–Crippen MR) is 62.3 cm³/mol. The Kier molecular flexibility index (Phi) is 2.96. The summed E-state index contributed by atoms with van der Waals surface area (Å²) in [5, 5.41) is 0.641. The van der Waals surface area contributed by atoms with E-state index in [4.69, 9.17) is 11.6 Å². The molecule has 0 aliphatic heterocycles. The van der Waals surface area contributed by atoms with Crippen molar-refractivity contribution in [3.8, 4) is 0 Å². The van der Waals surface area contributed by atoms with Crippen LogP contribution in [0.3, 0.4) is 0 Å². The molecule has 0 radical (unpaired) electrons. The largest absolute Gasteiger partial charge is 0.237 e. The first-order chi connectivity index (χ1) is 7.08. The molecule has 1 aliphatic rings. The molecule has 2 nitrogen and oxygen atoms in total. The fourth-order valence-corrected chi connectivity index (χ4v) is 1.86. The Morgan fingerprint density at radius 3 is 2.53 bits per heavy atom. The van der Waals surface area contributed by atoms with E-state index < -0.39 is 0 Å². The van der Waals surface area contributed by atoms with Crippen LogP contribution in [0, 0.1) is 12.8 Å². The lowest BCUT2D eigenvalue weighted by Gasteiger charge is -2.10. The van der Waals surface area contributed by atoms with Crippen LogP contribution in [0.5, 0.6) is 0 Å². The van der Waals surface area contributed by atoms with Crippen molar-refractivity contribution in [3.05, 3.63) is 22.2 Å². The van der Waals surface area contributed by atoms with Gasteiger partial charge >= 0.3 is 0 Å². The van der Waals surface area contributed by atoms with Gasteiger partial charge in [0, 0.05) is 17.2 Å². The number of rotatable bonds is 3. The highest BCUT2D eigenvalue weighted by atomic mass is 35.5. The monoisotopic (exact) mass is 224 g/mol. The average molecular weight is 225 g/mol. The molecule has 1 aliphatic carbocycles. The van der Waals surface area contributed by atoms with Crippen LogP contribution in [-0.2, 0) is 6.42 Å². The smallest absolute Gasteiger partial charge is 0.135 e. The van der Waals surface area contributed by atoms with E-state index in [9.17, 15) is 0 Å². The molecule has 2 rings (SSSR count). The van der Waals surface area contributed by atoms with Gasteiger partial charge in [0.25, 0.3) is 0 Å². The minimum Gasteiger partial charge on any atom is -0.237 e. The molecule has 0 unspecified atom stereocenters. The first-order valence-electron chi connectivity index (χ1n) is 5.61. The van der Waals surface area contributed by atoms with Crippen molar-refractivity contribution >= 4 is 11.6 Å². The number of hydrogen-bond acceptors (Lipinski definition) is 2. The van der Waals surface area contributed by atoms with E-state index in [-0.39, 0.29) is 0 Å². The summed E-state index contributed by atoms with van der Waals surface area (Å²) in [5.74, 6) is 2.15.